The van der Waals surface area contributed by atoms with Crippen molar-refractivity contribution in [2.45, 2.75) is 6.92 Å². The molecule has 2 aromatic heterocycles. The van der Waals surface area contributed by atoms with Crippen LogP contribution in [0, 0.1) is 6.92 Å². The van der Waals surface area contributed by atoms with E-state index in [1.165, 1.54) is 17.7 Å². The molecule has 0 atom stereocenters. The Bertz CT molecular complexity index is 835. The van der Waals surface area contributed by atoms with Crippen molar-refractivity contribution in [2.75, 3.05) is 11.9 Å². The lowest BCUT2D eigenvalue weighted by Gasteiger charge is -2.10. The van der Waals surface area contributed by atoms with E-state index in [1.807, 2.05) is 18.4 Å². The molecule has 7 heteroatoms. The van der Waals surface area contributed by atoms with Crippen molar-refractivity contribution in [3.63, 3.8) is 0 Å². The maximum atomic E-state index is 12.0. The van der Waals surface area contributed by atoms with E-state index in [-0.39, 0.29) is 12.5 Å². The van der Waals surface area contributed by atoms with Gasteiger partial charge in [0.2, 0.25) is 5.88 Å². The van der Waals surface area contributed by atoms with Crippen LogP contribution >= 0.6 is 22.9 Å². The first-order chi connectivity index (χ1) is 10.6. The molecule has 0 spiro atoms. The fourth-order valence-electron chi connectivity index (χ4n) is 1.95. The van der Waals surface area contributed by atoms with Gasteiger partial charge in [0.15, 0.2) is 6.61 Å². The molecule has 0 aliphatic carbocycles. The topological polar surface area (TPSA) is 64.1 Å². The molecule has 1 amide bonds. The third kappa shape index (κ3) is 3.03. The fraction of sp³-hybridized carbons (Fsp3) is 0.133. The molecule has 1 aromatic carbocycles. The Morgan fingerprint density at radius 3 is 3.09 bits per heavy atom. The lowest BCUT2D eigenvalue weighted by atomic mass is 10.2. The van der Waals surface area contributed by atoms with E-state index in [0.717, 1.165) is 15.8 Å². The number of ether oxygens (including phenoxy) is 1. The molecule has 3 aromatic rings. The molecule has 1 N–H and O–H groups in total. The second-order valence-corrected chi connectivity index (χ2v) is 5.87. The summed E-state index contributed by atoms with van der Waals surface area (Å²) < 4.78 is 5.49. The predicted molar refractivity (Wildman–Crippen MR) is 87.7 cm³/mol. The van der Waals surface area contributed by atoms with Crippen LogP contribution in [0.4, 0.5) is 5.69 Å². The van der Waals surface area contributed by atoms with E-state index in [4.69, 9.17) is 16.3 Å². The normalized spacial score (nSPS) is 10.6. The van der Waals surface area contributed by atoms with Crippen molar-refractivity contribution in [1.29, 1.82) is 0 Å². The summed E-state index contributed by atoms with van der Waals surface area (Å²) in [6.07, 6.45) is 1.42. The molecule has 0 saturated heterocycles. The van der Waals surface area contributed by atoms with Gasteiger partial charge in [-0.25, -0.2) is 9.97 Å². The van der Waals surface area contributed by atoms with Crippen molar-refractivity contribution >= 4 is 44.7 Å². The number of carbonyl (C=O) groups is 1. The quantitative estimate of drug-likeness (QED) is 0.791. The first-order valence-electron chi connectivity index (χ1n) is 6.51. The Labute approximate surface area is 135 Å². The third-order valence-electron chi connectivity index (χ3n) is 3.11. The molecule has 0 unspecified atom stereocenters. The maximum Gasteiger partial charge on any atom is 0.262 e. The summed E-state index contributed by atoms with van der Waals surface area (Å²) >= 11 is 7.52. The maximum absolute atomic E-state index is 12.0. The smallest absolute Gasteiger partial charge is 0.262 e. The van der Waals surface area contributed by atoms with Gasteiger partial charge >= 0.3 is 0 Å². The number of fused-ring (bicyclic) bond motifs is 1. The second kappa shape index (κ2) is 6.29. The van der Waals surface area contributed by atoms with Crippen LogP contribution in [-0.4, -0.2) is 22.5 Å². The minimum absolute atomic E-state index is 0.131. The minimum Gasteiger partial charge on any atom is -0.467 e. The summed E-state index contributed by atoms with van der Waals surface area (Å²) in [6.45, 7) is 1.71. The van der Waals surface area contributed by atoms with E-state index in [9.17, 15) is 4.79 Å². The highest BCUT2D eigenvalue weighted by atomic mass is 35.5. The zero-order valence-corrected chi connectivity index (χ0v) is 13.2. The van der Waals surface area contributed by atoms with Gasteiger partial charge in [0.1, 0.15) is 11.2 Å². The Kier molecular flexibility index (Phi) is 4.22. The van der Waals surface area contributed by atoms with Gasteiger partial charge < -0.3 is 10.1 Å². The van der Waals surface area contributed by atoms with E-state index in [2.05, 4.69) is 15.3 Å². The van der Waals surface area contributed by atoms with Crippen LogP contribution in [0.3, 0.4) is 0 Å². The fourth-order valence-corrected chi connectivity index (χ4v) is 2.84. The number of carbonyl (C=O) groups excluding carboxylic acids is 1. The molecule has 5 nitrogen and oxygen atoms in total. The van der Waals surface area contributed by atoms with E-state index >= 15 is 0 Å². The van der Waals surface area contributed by atoms with Gasteiger partial charge in [-0.1, -0.05) is 17.7 Å². The SMILES string of the molecule is Cc1c(Cl)cccc1NC(=O)COc1ncnc2sccc12. The molecule has 0 saturated carbocycles. The van der Waals surface area contributed by atoms with Crippen LogP contribution < -0.4 is 10.1 Å². The van der Waals surface area contributed by atoms with E-state index < -0.39 is 0 Å². The minimum atomic E-state index is -0.271. The molecule has 112 valence electrons. The molecule has 0 aliphatic heterocycles. The number of aromatic nitrogens is 2. The molecule has 22 heavy (non-hydrogen) atoms. The van der Waals surface area contributed by atoms with Crippen LogP contribution in [0.1, 0.15) is 5.56 Å². The van der Waals surface area contributed by atoms with Crippen molar-refractivity contribution in [2.24, 2.45) is 0 Å². The average Bonchev–Trinajstić information content (AvgIpc) is 2.99. The van der Waals surface area contributed by atoms with Crippen molar-refractivity contribution < 1.29 is 9.53 Å². The Balaban J connectivity index is 1.68. The lowest BCUT2D eigenvalue weighted by molar-refractivity contribution is -0.118. The summed E-state index contributed by atoms with van der Waals surface area (Å²) in [5.41, 5.74) is 1.49. The average molecular weight is 334 g/mol. The summed E-state index contributed by atoms with van der Waals surface area (Å²) in [4.78, 5) is 21.0. The Hall–Kier alpha value is -2.18. The number of thiophene rings is 1. The molecule has 0 fully saturated rings. The van der Waals surface area contributed by atoms with Gasteiger partial charge in [0, 0.05) is 10.7 Å². The van der Waals surface area contributed by atoms with Gasteiger partial charge in [0.05, 0.1) is 5.39 Å². The van der Waals surface area contributed by atoms with Gasteiger partial charge in [-0.3, -0.25) is 4.79 Å². The van der Waals surface area contributed by atoms with Crippen molar-refractivity contribution in [1.82, 2.24) is 9.97 Å². The number of amides is 1. The largest absolute Gasteiger partial charge is 0.467 e. The molecule has 0 radical (unpaired) electrons. The first-order valence-corrected chi connectivity index (χ1v) is 7.77. The monoisotopic (exact) mass is 333 g/mol. The molecule has 0 aliphatic rings. The van der Waals surface area contributed by atoms with Gasteiger partial charge in [0.25, 0.3) is 5.91 Å². The van der Waals surface area contributed by atoms with Gasteiger partial charge in [-0.2, -0.15) is 0 Å². The number of nitrogens with one attached hydrogen (secondary N) is 1. The van der Waals surface area contributed by atoms with Gasteiger partial charge in [-0.05, 0) is 36.1 Å². The molecule has 3 rings (SSSR count). The highest BCUT2D eigenvalue weighted by Crippen LogP contribution is 2.26. The van der Waals surface area contributed by atoms with Crippen molar-refractivity contribution in [3.05, 3.63) is 46.6 Å². The number of nitrogens with zero attached hydrogens (tertiary/aromatic N) is 2. The number of anilines is 1. The van der Waals surface area contributed by atoms with Crippen LogP contribution in [0.15, 0.2) is 36.0 Å². The Morgan fingerprint density at radius 2 is 2.23 bits per heavy atom. The predicted octanol–water partition coefficient (Wildman–Crippen LogP) is 3.67. The van der Waals surface area contributed by atoms with E-state index in [0.29, 0.717) is 16.6 Å². The third-order valence-corrected chi connectivity index (χ3v) is 4.34. The number of hydrogen-bond donors (Lipinski definition) is 1. The zero-order valence-electron chi connectivity index (χ0n) is 11.7. The summed E-state index contributed by atoms with van der Waals surface area (Å²) in [5, 5.41) is 6.09. The zero-order chi connectivity index (χ0) is 15.5. The number of rotatable bonds is 4. The van der Waals surface area contributed by atoms with E-state index in [1.54, 1.807) is 18.2 Å². The van der Waals surface area contributed by atoms with Crippen LogP contribution in [0.2, 0.25) is 5.02 Å². The van der Waals surface area contributed by atoms with Crippen LogP contribution in [0.25, 0.3) is 10.2 Å². The molecule has 2 heterocycles. The second-order valence-electron chi connectivity index (χ2n) is 4.57. The standard InChI is InChI=1S/C15H12ClN3O2S/c1-9-11(16)3-2-4-12(9)19-13(20)7-21-14-10-5-6-22-15(10)18-8-17-14/h2-6,8H,7H2,1H3,(H,19,20). The Morgan fingerprint density at radius 1 is 1.36 bits per heavy atom. The highest BCUT2D eigenvalue weighted by molar-refractivity contribution is 7.16. The van der Waals surface area contributed by atoms with Gasteiger partial charge in [-0.15, -0.1) is 11.3 Å². The first kappa shape index (κ1) is 14.7. The molecular formula is C15H12ClN3O2S. The molecular weight excluding hydrogens is 322 g/mol. The lowest BCUT2D eigenvalue weighted by Crippen LogP contribution is -2.21. The van der Waals surface area contributed by atoms with Crippen LogP contribution in [0.5, 0.6) is 5.88 Å². The summed E-state index contributed by atoms with van der Waals surface area (Å²) in [6, 6.07) is 7.22. The highest BCUT2D eigenvalue weighted by Gasteiger charge is 2.10. The summed E-state index contributed by atoms with van der Waals surface area (Å²) in [5.74, 6) is 0.136. The number of hydrogen-bond acceptors (Lipinski definition) is 5. The van der Waals surface area contributed by atoms with Crippen molar-refractivity contribution in [3.8, 4) is 5.88 Å². The number of halogens is 1. The molecule has 0 bridgehead atoms. The summed E-state index contributed by atoms with van der Waals surface area (Å²) in [7, 11) is 0. The van der Waals surface area contributed by atoms with Crippen LogP contribution in [-0.2, 0) is 4.79 Å². The number of benzene rings is 1.